The number of nitrogens with one attached hydrogen (secondary N) is 2. The molecule has 54 heavy (non-hydrogen) atoms. The fourth-order valence-electron chi connectivity index (χ4n) is 5.23. The van der Waals surface area contributed by atoms with Gasteiger partial charge in [-0.2, -0.15) is 8.42 Å². The van der Waals surface area contributed by atoms with E-state index in [9.17, 15) is 38.9 Å². The van der Waals surface area contributed by atoms with Gasteiger partial charge in [0.15, 0.2) is 0 Å². The summed E-state index contributed by atoms with van der Waals surface area (Å²) < 4.78 is 99.7. The number of nitrogens with zero attached hydrogens (tertiary/aromatic N) is 1. The van der Waals surface area contributed by atoms with Crippen molar-refractivity contribution in [3.05, 3.63) is 162 Å². The second-order valence-corrected chi connectivity index (χ2v) is 15.5. The average Bonchev–Trinajstić information content (AvgIpc) is 3.10. The summed E-state index contributed by atoms with van der Waals surface area (Å²) in [5.41, 5.74) is 7.14. The van der Waals surface area contributed by atoms with E-state index < -0.39 is 30.4 Å². The Kier molecular flexibility index (Phi) is 14.2. The van der Waals surface area contributed by atoms with Crippen LogP contribution < -0.4 is 69.7 Å². The van der Waals surface area contributed by atoms with Crippen molar-refractivity contribution in [2.24, 2.45) is 4.99 Å². The monoisotopic (exact) mass is 799 g/mol. The molecule has 0 unspecified atom stereocenters. The number of rotatable bonds is 10. The van der Waals surface area contributed by atoms with Gasteiger partial charge in [-0.25, -0.2) is 21.8 Å². The molecule has 0 radical (unpaired) electrons. The summed E-state index contributed by atoms with van der Waals surface area (Å²) in [5.74, 6) is 0. The van der Waals surface area contributed by atoms with E-state index in [0.717, 1.165) is 28.0 Å². The molecular weight excluding hydrogens is 773 g/mol. The second-order valence-electron chi connectivity index (χ2n) is 11.4. The number of allylic oxidation sites excluding steroid dienone is 5. The summed E-state index contributed by atoms with van der Waals surface area (Å²) in [4.78, 5) is 3.65. The van der Waals surface area contributed by atoms with Gasteiger partial charge in [-0.05, 0) is 131 Å². The van der Waals surface area contributed by atoms with Gasteiger partial charge in [0.05, 0.1) is 26.1 Å². The van der Waals surface area contributed by atoms with Crippen molar-refractivity contribution in [2.75, 3.05) is 10.6 Å². The topological polar surface area (TPSA) is 205 Å². The summed E-state index contributed by atoms with van der Waals surface area (Å²) in [5, 5.41) is 6.39. The van der Waals surface area contributed by atoms with Gasteiger partial charge in [0.2, 0.25) is 0 Å². The van der Waals surface area contributed by atoms with E-state index >= 15 is 0 Å². The summed E-state index contributed by atoms with van der Waals surface area (Å²) in [6.07, 6.45) is 7.40. The van der Waals surface area contributed by atoms with Crippen LogP contribution >= 0.6 is 0 Å². The molecule has 0 amide bonds. The Hall–Kier alpha value is -3.68. The van der Waals surface area contributed by atoms with Crippen molar-refractivity contribution in [1.29, 1.82) is 0 Å². The van der Waals surface area contributed by atoms with E-state index in [4.69, 9.17) is 0 Å². The third-order valence-corrected chi connectivity index (χ3v) is 10.3. The van der Waals surface area contributed by atoms with Crippen LogP contribution in [0.25, 0.3) is 5.57 Å². The van der Waals surface area contributed by atoms with Gasteiger partial charge >= 0.3 is 59.1 Å². The minimum Gasteiger partial charge on any atom is -0.744 e. The molecule has 1 aliphatic carbocycles. The van der Waals surface area contributed by atoms with Gasteiger partial charge in [0.1, 0.15) is 20.2 Å². The fraction of sp³-hybridized carbons (Fsp3) is 0. The van der Waals surface area contributed by atoms with Crippen LogP contribution in [0.15, 0.2) is 171 Å². The number of hydrogen-bond donors (Lipinski definition) is 3. The van der Waals surface area contributed by atoms with Crippen molar-refractivity contribution in [3.8, 4) is 0 Å². The number of hydrogen-bond acceptors (Lipinski definition) is 11. The third kappa shape index (κ3) is 11.2. The Morgan fingerprint density at radius 3 is 1.17 bits per heavy atom. The maximum absolute atomic E-state index is 11.4. The quantitative estimate of drug-likeness (QED) is 0.134. The van der Waals surface area contributed by atoms with Crippen molar-refractivity contribution in [3.63, 3.8) is 0 Å². The predicted octanol–water partition coefficient (Wildman–Crippen LogP) is 0.937. The van der Waals surface area contributed by atoms with E-state index in [1.54, 1.807) is 12.2 Å². The SMILES string of the molecule is O=S(=O)([O-])c1ccc(N=C2C=CC(=C(c3ccc(Nc4ccc(S(=O)(=O)[O-])cc4)cc3)c3ccc(Nc4ccc(S(=O)(=O)O)cc4)cc3)C=C2)cc1.[Na+].[Na+]. The van der Waals surface area contributed by atoms with Crippen LogP contribution in [0.4, 0.5) is 28.4 Å². The average molecular weight is 800 g/mol. The fourth-order valence-corrected chi connectivity index (χ4v) is 6.65. The van der Waals surface area contributed by atoms with Crippen LogP contribution in [0.3, 0.4) is 0 Å². The van der Waals surface area contributed by atoms with Gasteiger partial charge in [-0.3, -0.25) is 4.55 Å². The first-order valence-corrected chi connectivity index (χ1v) is 19.5. The smallest absolute Gasteiger partial charge is 0.744 e. The van der Waals surface area contributed by atoms with Crippen LogP contribution in [0.1, 0.15) is 11.1 Å². The second kappa shape index (κ2) is 17.8. The third-order valence-electron chi connectivity index (χ3n) is 7.76. The Morgan fingerprint density at radius 2 is 0.815 bits per heavy atom. The molecule has 0 aromatic heterocycles. The summed E-state index contributed by atoms with van der Waals surface area (Å²) in [6.45, 7) is 0. The van der Waals surface area contributed by atoms with Crippen LogP contribution in [0.5, 0.6) is 0 Å². The molecule has 264 valence electrons. The van der Waals surface area contributed by atoms with Crippen molar-refractivity contribution in [2.45, 2.75) is 14.7 Å². The zero-order chi connectivity index (χ0) is 37.1. The first kappa shape index (κ1) is 43.1. The van der Waals surface area contributed by atoms with Gasteiger partial charge in [0.25, 0.3) is 10.1 Å². The summed E-state index contributed by atoms with van der Waals surface area (Å²) >= 11 is 0. The summed E-state index contributed by atoms with van der Waals surface area (Å²) in [6, 6.07) is 31.6. The molecule has 6 rings (SSSR count). The number of benzene rings is 5. The number of anilines is 4. The Morgan fingerprint density at radius 1 is 0.481 bits per heavy atom. The molecule has 3 N–H and O–H groups in total. The maximum Gasteiger partial charge on any atom is 1.00 e. The molecule has 0 aliphatic heterocycles. The standard InChI is InChI=1S/C37H29N3O9S3.2Na/c41-50(42,43)34-19-13-31(14-20-34)38-28-7-1-25(2-8-28)37(26-3-9-29(10-4-26)39-32-15-21-35(22-16-32)51(44,45)46)27-5-11-30(12-6-27)40-33-17-23-36(24-18-33)52(47,48)49;;/h1-24,38-39H,(H,41,42,43)(H,44,45,46)(H,47,48,49);;/q;2*+1/p-2. The molecule has 0 spiro atoms. The molecule has 0 fully saturated rings. The molecule has 5 aromatic carbocycles. The largest absolute Gasteiger partial charge is 1.00 e. The van der Waals surface area contributed by atoms with E-state index in [0.29, 0.717) is 28.5 Å². The Bertz CT molecular complexity index is 2450. The van der Waals surface area contributed by atoms with Crippen molar-refractivity contribution in [1.82, 2.24) is 0 Å². The zero-order valence-electron chi connectivity index (χ0n) is 28.7. The summed E-state index contributed by atoms with van der Waals surface area (Å²) in [7, 11) is -13.4. The molecule has 12 nitrogen and oxygen atoms in total. The molecule has 0 heterocycles. The van der Waals surface area contributed by atoms with E-state index in [-0.39, 0.29) is 73.8 Å². The van der Waals surface area contributed by atoms with Gasteiger partial charge in [-0.1, -0.05) is 36.4 Å². The molecule has 0 saturated carbocycles. The normalized spacial score (nSPS) is 12.6. The van der Waals surface area contributed by atoms with E-state index in [1.807, 2.05) is 60.7 Å². The van der Waals surface area contributed by atoms with Gasteiger partial charge in [-0.15, -0.1) is 0 Å². The van der Waals surface area contributed by atoms with Gasteiger partial charge < -0.3 is 19.7 Å². The molecule has 0 saturated heterocycles. The van der Waals surface area contributed by atoms with Crippen molar-refractivity contribution >= 4 is 70.1 Å². The Balaban J connectivity index is 0.00000325. The molecule has 5 aromatic rings. The molecule has 0 bridgehead atoms. The van der Waals surface area contributed by atoms with E-state index in [1.165, 1.54) is 72.8 Å². The Labute approximate surface area is 357 Å². The number of aliphatic imine (C=N–C) groups is 1. The van der Waals surface area contributed by atoms with Crippen LogP contribution in [-0.2, 0) is 30.4 Å². The van der Waals surface area contributed by atoms with Crippen molar-refractivity contribution < 1.29 is 98.0 Å². The molecule has 0 atom stereocenters. The zero-order valence-corrected chi connectivity index (χ0v) is 35.2. The minimum absolute atomic E-state index is 0. The maximum atomic E-state index is 11.4. The minimum atomic E-state index is -4.57. The first-order chi connectivity index (χ1) is 24.6. The van der Waals surface area contributed by atoms with E-state index in [2.05, 4.69) is 15.6 Å². The molecule has 1 aliphatic rings. The molecule has 17 heteroatoms. The van der Waals surface area contributed by atoms with Crippen LogP contribution in [0.2, 0.25) is 0 Å². The van der Waals surface area contributed by atoms with Crippen LogP contribution in [0, 0.1) is 0 Å². The molecular formula is C37H27N3Na2O9S3. The van der Waals surface area contributed by atoms with Crippen LogP contribution in [-0.4, -0.2) is 44.6 Å². The van der Waals surface area contributed by atoms with Gasteiger partial charge in [0, 0.05) is 22.7 Å². The first-order valence-electron chi connectivity index (χ1n) is 15.3. The predicted molar refractivity (Wildman–Crippen MR) is 196 cm³/mol.